The van der Waals surface area contributed by atoms with E-state index in [9.17, 15) is 18.8 Å². The minimum absolute atomic E-state index is 0.0204. The second-order valence-corrected chi connectivity index (χ2v) is 9.97. The van der Waals surface area contributed by atoms with Crippen LogP contribution in [-0.4, -0.2) is 42.2 Å². The topological polar surface area (TPSA) is 82.6 Å². The van der Waals surface area contributed by atoms with Crippen molar-refractivity contribution in [2.24, 2.45) is 5.41 Å². The van der Waals surface area contributed by atoms with E-state index in [1.54, 1.807) is 68.1 Å². The molecule has 0 saturated carbocycles. The van der Waals surface area contributed by atoms with Crippen LogP contribution < -0.4 is 15.1 Å². The van der Waals surface area contributed by atoms with Crippen molar-refractivity contribution >= 4 is 45.6 Å². The molecule has 2 amide bonds. The van der Waals surface area contributed by atoms with Crippen LogP contribution in [0.5, 0.6) is 0 Å². The van der Waals surface area contributed by atoms with Gasteiger partial charge in [0.05, 0.1) is 12.2 Å². The van der Waals surface area contributed by atoms with Crippen LogP contribution in [0.3, 0.4) is 0 Å². The highest BCUT2D eigenvalue weighted by Crippen LogP contribution is 2.34. The van der Waals surface area contributed by atoms with Gasteiger partial charge in [0, 0.05) is 24.1 Å². The van der Waals surface area contributed by atoms with Crippen molar-refractivity contribution in [3.8, 4) is 0 Å². The molecule has 0 radical (unpaired) electrons. The number of nitrogens with one attached hydrogen (secondary N) is 1. The summed E-state index contributed by atoms with van der Waals surface area (Å²) in [5.41, 5.74) is 0.0341. The number of amides is 2. The molecule has 2 heterocycles. The number of carbonyl (C=O) groups is 3. The predicted molar refractivity (Wildman–Crippen MR) is 131 cm³/mol. The predicted octanol–water partition coefficient (Wildman–Crippen LogP) is 4.35. The molecule has 0 spiro atoms. The minimum atomic E-state index is -0.682. The van der Waals surface area contributed by atoms with Crippen LogP contribution in [0, 0.1) is 11.2 Å². The summed E-state index contributed by atoms with van der Waals surface area (Å²) < 4.78 is 14.2. The number of piperazine rings is 1. The molecular weight excluding hydrogens is 455 g/mol. The molecule has 0 bridgehead atoms. The van der Waals surface area contributed by atoms with Crippen LogP contribution in [-0.2, 0) is 9.59 Å². The van der Waals surface area contributed by atoms with Crippen LogP contribution >= 0.6 is 11.3 Å². The molecular formula is C25H25FN4O3S. The second-order valence-electron chi connectivity index (χ2n) is 8.99. The highest BCUT2D eigenvalue weighted by atomic mass is 32.1. The monoisotopic (exact) mass is 480 g/mol. The van der Waals surface area contributed by atoms with Gasteiger partial charge in [-0.25, -0.2) is 9.37 Å². The first-order chi connectivity index (χ1) is 16.1. The molecule has 1 fully saturated rings. The van der Waals surface area contributed by atoms with Crippen molar-refractivity contribution < 1.29 is 18.8 Å². The van der Waals surface area contributed by atoms with Crippen LogP contribution in [0.1, 0.15) is 36.0 Å². The molecule has 176 valence electrons. The van der Waals surface area contributed by atoms with Gasteiger partial charge < -0.3 is 15.1 Å². The number of carbonyl (C=O) groups excluding carboxylic acids is 3. The van der Waals surface area contributed by atoms with Gasteiger partial charge in [-0.2, -0.15) is 0 Å². The van der Waals surface area contributed by atoms with E-state index in [1.165, 1.54) is 11.0 Å². The number of nitrogens with zero attached hydrogens (tertiary/aromatic N) is 3. The zero-order chi connectivity index (χ0) is 24.5. The highest BCUT2D eigenvalue weighted by Gasteiger charge is 2.31. The summed E-state index contributed by atoms with van der Waals surface area (Å²) in [5, 5.41) is 3.23. The smallest absolute Gasteiger partial charge is 0.246 e. The van der Waals surface area contributed by atoms with Crippen molar-refractivity contribution in [2.45, 2.75) is 20.8 Å². The Hall–Kier alpha value is -3.59. The summed E-state index contributed by atoms with van der Waals surface area (Å²) in [4.78, 5) is 46.7. The van der Waals surface area contributed by atoms with E-state index in [-0.39, 0.29) is 42.2 Å². The first-order valence-corrected chi connectivity index (χ1v) is 11.7. The number of para-hydroxylation sites is 1. The number of ketones is 1. The van der Waals surface area contributed by atoms with E-state index in [0.717, 1.165) is 11.3 Å². The molecule has 0 aliphatic carbocycles. The molecule has 1 aliphatic rings. The van der Waals surface area contributed by atoms with Crippen molar-refractivity contribution in [1.82, 2.24) is 4.98 Å². The minimum Gasteiger partial charge on any atom is -0.337 e. The number of thiazole rings is 1. The fraction of sp³-hybridized carbons (Fsp3) is 0.280. The lowest BCUT2D eigenvalue weighted by Gasteiger charge is -2.34. The van der Waals surface area contributed by atoms with Gasteiger partial charge in [0.15, 0.2) is 10.9 Å². The van der Waals surface area contributed by atoms with Crippen LogP contribution in [0.2, 0.25) is 0 Å². The van der Waals surface area contributed by atoms with Crippen molar-refractivity contribution in [1.29, 1.82) is 0 Å². The summed E-state index contributed by atoms with van der Waals surface area (Å²) in [6, 6.07) is 14.9. The molecule has 2 aromatic carbocycles. The number of hydrogen-bond acceptors (Lipinski definition) is 6. The van der Waals surface area contributed by atoms with Crippen LogP contribution in [0.4, 0.5) is 21.0 Å². The van der Waals surface area contributed by atoms with Gasteiger partial charge in [-0.1, -0.05) is 74.6 Å². The molecule has 1 N–H and O–H groups in total. The average molecular weight is 481 g/mol. The van der Waals surface area contributed by atoms with Gasteiger partial charge in [-0.3, -0.25) is 14.4 Å². The zero-order valence-corrected chi connectivity index (χ0v) is 20.0. The number of aromatic nitrogens is 1. The average Bonchev–Trinajstić information content (AvgIpc) is 3.23. The Labute approximate surface area is 201 Å². The first kappa shape index (κ1) is 23.6. The summed E-state index contributed by atoms with van der Waals surface area (Å²) in [5.74, 6) is -1.08. The number of hydrogen-bond donors (Lipinski definition) is 1. The standard InChI is InChI=1S/C25H25FN4O3S/c1-25(2,3)23(33)27-22-21(20(32)16-9-5-4-6-10-16)34-24(28-22)29-13-14-30(19(31)15-29)18-12-8-7-11-17(18)26/h4-12H,13-15H2,1-3H3,(H,27,33). The molecule has 34 heavy (non-hydrogen) atoms. The van der Waals surface area contributed by atoms with E-state index in [2.05, 4.69) is 10.3 Å². The lowest BCUT2D eigenvalue weighted by molar-refractivity contribution is -0.123. The Morgan fingerprint density at radius 2 is 1.71 bits per heavy atom. The largest absolute Gasteiger partial charge is 0.337 e. The van der Waals surface area contributed by atoms with Gasteiger partial charge in [-0.15, -0.1) is 0 Å². The van der Waals surface area contributed by atoms with Gasteiger partial charge in [0.1, 0.15) is 10.7 Å². The molecule has 9 heteroatoms. The Morgan fingerprint density at radius 3 is 2.35 bits per heavy atom. The Kier molecular flexibility index (Phi) is 6.47. The molecule has 3 aromatic rings. The maximum Gasteiger partial charge on any atom is 0.246 e. The van der Waals surface area contributed by atoms with Gasteiger partial charge >= 0.3 is 0 Å². The Bertz CT molecular complexity index is 1240. The molecule has 1 aromatic heterocycles. The molecule has 0 atom stereocenters. The fourth-order valence-corrected chi connectivity index (χ4v) is 4.47. The number of halogens is 1. The third kappa shape index (κ3) is 4.84. The number of anilines is 3. The Morgan fingerprint density at radius 1 is 1.03 bits per heavy atom. The normalized spacial score (nSPS) is 14.3. The van der Waals surface area contributed by atoms with Crippen LogP contribution in [0.25, 0.3) is 0 Å². The molecule has 0 unspecified atom stereocenters. The number of benzene rings is 2. The van der Waals surface area contributed by atoms with E-state index in [1.807, 2.05) is 6.07 Å². The van der Waals surface area contributed by atoms with Crippen molar-refractivity contribution in [2.75, 3.05) is 34.8 Å². The maximum absolute atomic E-state index is 14.2. The quantitative estimate of drug-likeness (QED) is 0.549. The van der Waals surface area contributed by atoms with Crippen molar-refractivity contribution in [3.05, 3.63) is 70.9 Å². The van der Waals surface area contributed by atoms with E-state index in [4.69, 9.17) is 0 Å². The fourth-order valence-electron chi connectivity index (χ4n) is 3.46. The van der Waals surface area contributed by atoms with Gasteiger partial charge in [-0.05, 0) is 12.1 Å². The van der Waals surface area contributed by atoms with E-state index < -0.39 is 11.2 Å². The molecule has 1 saturated heterocycles. The SMILES string of the molecule is CC(C)(C)C(=O)Nc1nc(N2CCN(c3ccccc3F)C(=O)C2)sc1C(=O)c1ccccc1. The van der Waals surface area contributed by atoms with E-state index in [0.29, 0.717) is 22.1 Å². The zero-order valence-electron chi connectivity index (χ0n) is 19.2. The third-order valence-electron chi connectivity index (χ3n) is 5.41. The highest BCUT2D eigenvalue weighted by molar-refractivity contribution is 7.18. The lowest BCUT2D eigenvalue weighted by Crippen LogP contribution is -2.51. The van der Waals surface area contributed by atoms with Crippen molar-refractivity contribution in [3.63, 3.8) is 0 Å². The van der Waals surface area contributed by atoms with Gasteiger partial charge in [0.2, 0.25) is 17.6 Å². The lowest BCUT2D eigenvalue weighted by atomic mass is 9.96. The number of rotatable bonds is 5. The summed E-state index contributed by atoms with van der Waals surface area (Å²) in [6.45, 7) is 5.97. The summed E-state index contributed by atoms with van der Waals surface area (Å²) in [7, 11) is 0. The summed E-state index contributed by atoms with van der Waals surface area (Å²) in [6.07, 6.45) is 0. The summed E-state index contributed by atoms with van der Waals surface area (Å²) >= 11 is 1.13. The Balaban J connectivity index is 1.62. The third-order valence-corrected chi connectivity index (χ3v) is 6.52. The van der Waals surface area contributed by atoms with E-state index >= 15 is 0 Å². The molecule has 4 rings (SSSR count). The molecule has 7 nitrogen and oxygen atoms in total. The molecule has 1 aliphatic heterocycles. The maximum atomic E-state index is 14.2. The second kappa shape index (κ2) is 9.34. The first-order valence-electron chi connectivity index (χ1n) is 10.9. The van der Waals surface area contributed by atoms with Crippen LogP contribution in [0.15, 0.2) is 54.6 Å². The van der Waals surface area contributed by atoms with Gasteiger partial charge in [0.25, 0.3) is 0 Å².